The number of benzene rings is 2. The molecule has 0 saturated heterocycles. The van der Waals surface area contributed by atoms with E-state index in [-0.39, 0.29) is 5.91 Å². The normalized spacial score (nSPS) is 10.9. The molecule has 0 radical (unpaired) electrons. The van der Waals surface area contributed by atoms with Crippen LogP contribution in [0.25, 0.3) is 11.3 Å². The lowest BCUT2D eigenvalue weighted by molar-refractivity contribution is 0.102. The van der Waals surface area contributed by atoms with Crippen molar-refractivity contribution in [2.75, 3.05) is 17.6 Å². The number of carbonyl (C=O) groups excluding carboxylic acids is 1. The van der Waals surface area contributed by atoms with Crippen molar-refractivity contribution < 1.29 is 4.79 Å². The summed E-state index contributed by atoms with van der Waals surface area (Å²) < 4.78 is 0. The van der Waals surface area contributed by atoms with Crippen molar-refractivity contribution in [2.24, 2.45) is 5.92 Å². The van der Waals surface area contributed by atoms with E-state index < -0.39 is 0 Å². The van der Waals surface area contributed by atoms with E-state index in [9.17, 15) is 4.79 Å². The molecule has 2 aromatic carbocycles. The van der Waals surface area contributed by atoms with Gasteiger partial charge >= 0.3 is 0 Å². The lowest BCUT2D eigenvalue weighted by Crippen LogP contribution is -2.19. The Bertz CT molecular complexity index is 986. The van der Waals surface area contributed by atoms with Gasteiger partial charge in [-0.1, -0.05) is 49.7 Å². The Balaban J connectivity index is 1.69. The van der Waals surface area contributed by atoms with Crippen molar-refractivity contribution in [2.45, 2.75) is 20.4 Å². The number of nitrogens with zero attached hydrogens (tertiary/aromatic N) is 1. The number of hydrogen-bond donors (Lipinski definition) is 3. The van der Waals surface area contributed by atoms with Gasteiger partial charge < -0.3 is 16.4 Å². The van der Waals surface area contributed by atoms with E-state index in [0.29, 0.717) is 33.6 Å². The second kappa shape index (κ2) is 9.54. The van der Waals surface area contributed by atoms with Crippen LogP contribution in [0.5, 0.6) is 0 Å². The van der Waals surface area contributed by atoms with Crippen molar-refractivity contribution in [3.63, 3.8) is 0 Å². The molecule has 3 rings (SSSR count). The first-order valence-corrected chi connectivity index (χ1v) is 9.93. The minimum absolute atomic E-state index is 0.222. The maximum absolute atomic E-state index is 12.5. The molecule has 0 atom stereocenters. The lowest BCUT2D eigenvalue weighted by Gasteiger charge is -2.10. The standard InChI is InChI=1S/C23H25ClN4O/c1-15(2)12-26-13-16-11-19(24)22(27-14-16)17-7-9-18(10-8-17)23(29)28-21-6-4-3-5-20(21)25/h3-11,14-15,26H,12-13,25H2,1-2H3,(H,28,29). The number of hydrogen-bond acceptors (Lipinski definition) is 4. The van der Waals surface area contributed by atoms with E-state index in [1.54, 1.807) is 24.3 Å². The maximum Gasteiger partial charge on any atom is 0.255 e. The Morgan fingerprint density at radius 3 is 2.52 bits per heavy atom. The molecular weight excluding hydrogens is 384 g/mol. The number of aromatic nitrogens is 1. The van der Waals surface area contributed by atoms with Crippen molar-refractivity contribution >= 4 is 28.9 Å². The number of nitrogens with one attached hydrogen (secondary N) is 2. The summed E-state index contributed by atoms with van der Waals surface area (Å²) in [6.07, 6.45) is 1.83. The van der Waals surface area contributed by atoms with Crippen molar-refractivity contribution in [1.29, 1.82) is 0 Å². The highest BCUT2D eigenvalue weighted by Crippen LogP contribution is 2.27. The second-order valence-electron chi connectivity index (χ2n) is 7.32. The molecule has 1 heterocycles. The fraction of sp³-hybridized carbons (Fsp3) is 0.217. The molecule has 5 nitrogen and oxygen atoms in total. The monoisotopic (exact) mass is 408 g/mol. The Morgan fingerprint density at radius 2 is 1.86 bits per heavy atom. The van der Waals surface area contributed by atoms with Gasteiger partial charge in [-0.15, -0.1) is 0 Å². The molecule has 3 aromatic rings. The number of amides is 1. The molecule has 0 saturated carbocycles. The molecule has 1 aromatic heterocycles. The average molecular weight is 409 g/mol. The van der Waals surface area contributed by atoms with Gasteiger partial charge in [0.05, 0.1) is 22.1 Å². The van der Waals surface area contributed by atoms with E-state index in [4.69, 9.17) is 17.3 Å². The fourth-order valence-corrected chi connectivity index (χ4v) is 3.17. The van der Waals surface area contributed by atoms with Gasteiger partial charge in [0, 0.05) is 23.9 Å². The number of nitrogens with two attached hydrogens (primary N) is 1. The molecule has 0 bridgehead atoms. The molecule has 29 heavy (non-hydrogen) atoms. The number of carbonyl (C=O) groups is 1. The number of nitrogen functional groups attached to an aromatic ring is 1. The fourth-order valence-electron chi connectivity index (χ4n) is 2.88. The van der Waals surface area contributed by atoms with Gasteiger partial charge in [0.15, 0.2) is 0 Å². The predicted molar refractivity (Wildman–Crippen MR) is 120 cm³/mol. The van der Waals surface area contributed by atoms with Gasteiger partial charge in [0.25, 0.3) is 5.91 Å². The quantitative estimate of drug-likeness (QED) is 0.481. The highest BCUT2D eigenvalue weighted by molar-refractivity contribution is 6.33. The Kier molecular flexibility index (Phi) is 6.86. The zero-order chi connectivity index (χ0) is 20.8. The van der Waals surface area contributed by atoms with Crippen LogP contribution in [0, 0.1) is 5.92 Å². The highest BCUT2D eigenvalue weighted by Gasteiger charge is 2.11. The summed E-state index contributed by atoms with van der Waals surface area (Å²) in [6, 6.07) is 16.3. The van der Waals surface area contributed by atoms with E-state index in [0.717, 1.165) is 24.2 Å². The molecular formula is C23H25ClN4O. The predicted octanol–water partition coefficient (Wildman–Crippen LogP) is 4.98. The number of rotatable bonds is 7. The van der Waals surface area contributed by atoms with Crippen LogP contribution >= 0.6 is 11.6 Å². The van der Waals surface area contributed by atoms with Gasteiger partial charge in [-0.2, -0.15) is 0 Å². The van der Waals surface area contributed by atoms with Crippen molar-refractivity contribution in [3.05, 3.63) is 76.9 Å². The Labute approximate surface area is 176 Å². The van der Waals surface area contributed by atoms with Crippen LogP contribution in [-0.4, -0.2) is 17.4 Å². The summed E-state index contributed by atoms with van der Waals surface area (Å²) in [6.45, 7) is 6.00. The third-order valence-electron chi connectivity index (χ3n) is 4.41. The van der Waals surface area contributed by atoms with Crippen LogP contribution in [0.3, 0.4) is 0 Å². The average Bonchev–Trinajstić information content (AvgIpc) is 2.70. The third-order valence-corrected chi connectivity index (χ3v) is 4.70. The summed E-state index contributed by atoms with van der Waals surface area (Å²) >= 11 is 6.45. The zero-order valence-corrected chi connectivity index (χ0v) is 17.3. The van der Waals surface area contributed by atoms with Gasteiger partial charge in [-0.05, 0) is 48.4 Å². The van der Waals surface area contributed by atoms with Crippen LogP contribution in [0.15, 0.2) is 60.8 Å². The van der Waals surface area contributed by atoms with Crippen LogP contribution in [0.2, 0.25) is 5.02 Å². The van der Waals surface area contributed by atoms with E-state index in [2.05, 4.69) is 29.5 Å². The molecule has 0 aliphatic carbocycles. The minimum atomic E-state index is -0.222. The molecule has 0 unspecified atom stereocenters. The first kappa shape index (κ1) is 20.8. The molecule has 4 N–H and O–H groups in total. The van der Waals surface area contributed by atoms with Crippen LogP contribution in [0.4, 0.5) is 11.4 Å². The topological polar surface area (TPSA) is 80.0 Å². The van der Waals surface area contributed by atoms with Crippen LogP contribution in [-0.2, 0) is 6.54 Å². The second-order valence-corrected chi connectivity index (χ2v) is 7.72. The molecule has 1 amide bonds. The first-order valence-electron chi connectivity index (χ1n) is 9.55. The summed E-state index contributed by atoms with van der Waals surface area (Å²) in [5.74, 6) is 0.367. The summed E-state index contributed by atoms with van der Waals surface area (Å²) in [5, 5.41) is 6.78. The lowest BCUT2D eigenvalue weighted by atomic mass is 10.1. The largest absolute Gasteiger partial charge is 0.397 e. The highest BCUT2D eigenvalue weighted by atomic mass is 35.5. The van der Waals surface area contributed by atoms with E-state index in [1.807, 2.05) is 36.5 Å². The number of pyridine rings is 1. The van der Waals surface area contributed by atoms with Gasteiger partial charge in [0.2, 0.25) is 0 Å². The van der Waals surface area contributed by atoms with Crippen LogP contribution in [0.1, 0.15) is 29.8 Å². The molecule has 150 valence electrons. The van der Waals surface area contributed by atoms with Gasteiger partial charge in [-0.25, -0.2) is 0 Å². The zero-order valence-electron chi connectivity index (χ0n) is 16.6. The van der Waals surface area contributed by atoms with E-state index in [1.165, 1.54) is 0 Å². The number of para-hydroxylation sites is 2. The van der Waals surface area contributed by atoms with Crippen molar-refractivity contribution in [1.82, 2.24) is 10.3 Å². The molecule has 0 spiro atoms. The number of anilines is 2. The third kappa shape index (κ3) is 5.56. The molecule has 0 aliphatic heterocycles. The Hall–Kier alpha value is -2.89. The van der Waals surface area contributed by atoms with Gasteiger partial charge in [0.1, 0.15) is 0 Å². The molecule has 6 heteroatoms. The van der Waals surface area contributed by atoms with E-state index >= 15 is 0 Å². The molecule has 0 fully saturated rings. The summed E-state index contributed by atoms with van der Waals surface area (Å²) in [4.78, 5) is 17.0. The number of halogens is 1. The maximum atomic E-state index is 12.5. The Morgan fingerprint density at radius 1 is 1.14 bits per heavy atom. The summed E-state index contributed by atoms with van der Waals surface area (Å²) in [7, 11) is 0. The first-order chi connectivity index (χ1) is 13.9. The SMILES string of the molecule is CC(C)CNCc1cnc(-c2ccc(C(=O)Nc3ccccc3N)cc2)c(Cl)c1. The van der Waals surface area contributed by atoms with Crippen LogP contribution < -0.4 is 16.4 Å². The minimum Gasteiger partial charge on any atom is -0.397 e. The molecule has 0 aliphatic rings. The smallest absolute Gasteiger partial charge is 0.255 e. The van der Waals surface area contributed by atoms with Crippen molar-refractivity contribution in [3.8, 4) is 11.3 Å². The van der Waals surface area contributed by atoms with Gasteiger partial charge in [-0.3, -0.25) is 9.78 Å². The summed E-state index contributed by atoms with van der Waals surface area (Å²) in [5.41, 5.74) is 10.1.